The van der Waals surface area contributed by atoms with Gasteiger partial charge in [0, 0.05) is 30.7 Å². The van der Waals surface area contributed by atoms with Gasteiger partial charge in [-0.05, 0) is 42.5 Å². The van der Waals surface area contributed by atoms with E-state index in [1.807, 2.05) is 0 Å². The Morgan fingerprint density at radius 2 is 1.78 bits per heavy atom. The second kappa shape index (κ2) is 8.44. The topological polar surface area (TPSA) is 80.0 Å². The molecule has 0 bridgehead atoms. The molecule has 1 aliphatic heterocycles. The summed E-state index contributed by atoms with van der Waals surface area (Å²) < 4.78 is 15.6. The van der Waals surface area contributed by atoms with Gasteiger partial charge >= 0.3 is 0 Å². The fraction of sp³-hybridized carbons (Fsp3) is 0.190. The van der Waals surface area contributed by atoms with Crippen molar-refractivity contribution in [3.63, 3.8) is 0 Å². The average Bonchev–Trinajstić information content (AvgIpc) is 3.25. The summed E-state index contributed by atoms with van der Waals surface area (Å²) in [5.41, 5.74) is 2.20. The molecular weight excluding hydrogens is 501 g/mol. The van der Waals surface area contributed by atoms with E-state index in [9.17, 15) is 9.18 Å². The molecule has 0 N–H and O–H groups in total. The molecule has 0 atom stereocenters. The molecule has 8 nitrogen and oxygen atoms in total. The van der Waals surface area contributed by atoms with Crippen LogP contribution in [0.4, 0.5) is 10.2 Å². The van der Waals surface area contributed by atoms with E-state index < -0.39 is 0 Å². The Morgan fingerprint density at radius 3 is 2.53 bits per heavy atom. The summed E-state index contributed by atoms with van der Waals surface area (Å²) in [4.78, 5) is 25.5. The van der Waals surface area contributed by atoms with Gasteiger partial charge in [0.25, 0.3) is 5.91 Å². The molecule has 1 aliphatic rings. The van der Waals surface area contributed by atoms with Crippen molar-refractivity contribution in [1.82, 2.24) is 29.9 Å². The van der Waals surface area contributed by atoms with Crippen LogP contribution in [0.2, 0.25) is 5.02 Å². The van der Waals surface area contributed by atoms with Crippen molar-refractivity contribution in [3.8, 4) is 5.69 Å². The average molecular weight is 517 g/mol. The number of amides is 1. The van der Waals surface area contributed by atoms with Crippen molar-refractivity contribution in [3.05, 3.63) is 69.7 Å². The molecule has 0 aliphatic carbocycles. The maximum absolute atomic E-state index is 13.3. The number of benzene rings is 2. The number of rotatable bonds is 3. The van der Waals surface area contributed by atoms with Crippen LogP contribution in [0, 0.1) is 5.82 Å². The van der Waals surface area contributed by atoms with Gasteiger partial charge in [0.05, 0.1) is 16.3 Å². The van der Waals surface area contributed by atoms with Crippen molar-refractivity contribution in [2.24, 2.45) is 0 Å². The van der Waals surface area contributed by atoms with Gasteiger partial charge in [-0.2, -0.15) is 4.68 Å². The maximum Gasteiger partial charge on any atom is 0.255 e. The van der Waals surface area contributed by atoms with Crippen LogP contribution in [0.15, 0.2) is 53.3 Å². The molecule has 5 rings (SSSR count). The summed E-state index contributed by atoms with van der Waals surface area (Å²) in [5, 5.41) is 8.87. The SMILES string of the molecule is O=C(c1cc(Br)ccc1Cl)N1CCN(c2ncnc3c2nnn3-c2ccc(F)cc2)CC1. The molecule has 2 aromatic carbocycles. The molecule has 2 aromatic heterocycles. The van der Waals surface area contributed by atoms with Crippen LogP contribution >= 0.6 is 27.5 Å². The Hall–Kier alpha value is -3.11. The first-order valence-electron chi connectivity index (χ1n) is 9.83. The molecule has 0 spiro atoms. The Kier molecular flexibility index (Phi) is 5.48. The molecule has 4 aromatic rings. The molecule has 1 fully saturated rings. The van der Waals surface area contributed by atoms with Gasteiger partial charge in [0.15, 0.2) is 17.0 Å². The summed E-state index contributed by atoms with van der Waals surface area (Å²) in [6, 6.07) is 11.2. The molecule has 3 heterocycles. The molecule has 1 saturated heterocycles. The van der Waals surface area contributed by atoms with Gasteiger partial charge in [0.1, 0.15) is 12.1 Å². The second-order valence-electron chi connectivity index (χ2n) is 7.25. The summed E-state index contributed by atoms with van der Waals surface area (Å²) in [6.45, 7) is 2.18. The molecular formula is C21H16BrClFN7O. The zero-order chi connectivity index (χ0) is 22.2. The molecule has 32 heavy (non-hydrogen) atoms. The highest BCUT2D eigenvalue weighted by molar-refractivity contribution is 9.10. The first kappa shape index (κ1) is 20.8. The van der Waals surface area contributed by atoms with Crippen LogP contribution in [-0.2, 0) is 0 Å². The van der Waals surface area contributed by atoms with Gasteiger partial charge in [-0.15, -0.1) is 5.10 Å². The number of anilines is 1. The lowest BCUT2D eigenvalue weighted by atomic mass is 10.2. The van der Waals surface area contributed by atoms with Crippen LogP contribution < -0.4 is 4.90 Å². The smallest absolute Gasteiger partial charge is 0.255 e. The monoisotopic (exact) mass is 515 g/mol. The fourth-order valence-electron chi connectivity index (χ4n) is 3.68. The van der Waals surface area contributed by atoms with Crippen molar-refractivity contribution >= 4 is 50.4 Å². The van der Waals surface area contributed by atoms with Gasteiger partial charge in [-0.1, -0.05) is 32.7 Å². The van der Waals surface area contributed by atoms with Gasteiger partial charge in [-0.3, -0.25) is 4.79 Å². The molecule has 0 radical (unpaired) electrons. The van der Waals surface area contributed by atoms with Crippen LogP contribution in [0.25, 0.3) is 16.9 Å². The molecule has 0 unspecified atom stereocenters. The number of carbonyl (C=O) groups is 1. The number of halogens is 3. The highest BCUT2D eigenvalue weighted by Crippen LogP contribution is 2.26. The molecule has 162 valence electrons. The quantitative estimate of drug-likeness (QED) is 0.413. The first-order chi connectivity index (χ1) is 15.5. The summed E-state index contributed by atoms with van der Waals surface area (Å²) >= 11 is 9.62. The zero-order valence-corrected chi connectivity index (χ0v) is 19.0. The second-order valence-corrected chi connectivity index (χ2v) is 8.57. The number of aromatic nitrogens is 5. The summed E-state index contributed by atoms with van der Waals surface area (Å²) in [5.74, 6) is 0.215. The standard InChI is InChI=1S/C21H16BrClFN7O/c22-13-1-6-17(23)16(11-13)21(32)30-9-7-29(8-10-30)19-18-20(26-12-25-19)31(28-27-18)15-4-2-14(24)3-5-15/h1-6,11-12H,7-10H2. The van der Waals surface area contributed by atoms with E-state index in [1.54, 1.807) is 39.9 Å². The van der Waals surface area contributed by atoms with Crippen molar-refractivity contribution in [2.45, 2.75) is 0 Å². The third-order valence-corrected chi connectivity index (χ3v) is 6.14. The molecule has 11 heteroatoms. The van der Waals surface area contributed by atoms with E-state index in [2.05, 4.69) is 41.1 Å². The fourth-order valence-corrected chi connectivity index (χ4v) is 4.24. The van der Waals surface area contributed by atoms with Gasteiger partial charge in [0.2, 0.25) is 0 Å². The Morgan fingerprint density at radius 1 is 1.03 bits per heavy atom. The number of fused-ring (bicyclic) bond motifs is 1. The van der Waals surface area contributed by atoms with E-state index >= 15 is 0 Å². The van der Waals surface area contributed by atoms with Crippen LogP contribution in [0.1, 0.15) is 10.4 Å². The third-order valence-electron chi connectivity index (χ3n) is 5.31. The third kappa shape index (κ3) is 3.80. The molecule has 1 amide bonds. The van der Waals surface area contributed by atoms with Crippen LogP contribution in [0.5, 0.6) is 0 Å². The highest BCUT2D eigenvalue weighted by atomic mass is 79.9. The van der Waals surface area contributed by atoms with E-state index in [0.29, 0.717) is 59.4 Å². The lowest BCUT2D eigenvalue weighted by Gasteiger charge is -2.35. The zero-order valence-electron chi connectivity index (χ0n) is 16.6. The number of hydrogen-bond donors (Lipinski definition) is 0. The largest absolute Gasteiger partial charge is 0.351 e. The normalized spacial score (nSPS) is 14.2. The Bertz CT molecular complexity index is 1310. The summed E-state index contributed by atoms with van der Waals surface area (Å²) in [7, 11) is 0. The van der Waals surface area contributed by atoms with Crippen LogP contribution in [0.3, 0.4) is 0 Å². The van der Waals surface area contributed by atoms with E-state index in [0.717, 1.165) is 4.47 Å². The minimum atomic E-state index is -0.329. The number of carbonyl (C=O) groups excluding carboxylic acids is 1. The van der Waals surface area contributed by atoms with Crippen LogP contribution in [-0.4, -0.2) is 61.9 Å². The first-order valence-corrected chi connectivity index (χ1v) is 11.0. The van der Waals surface area contributed by atoms with Crippen molar-refractivity contribution < 1.29 is 9.18 Å². The lowest BCUT2D eigenvalue weighted by Crippen LogP contribution is -2.49. The van der Waals surface area contributed by atoms with Crippen molar-refractivity contribution in [2.75, 3.05) is 31.1 Å². The number of nitrogens with zero attached hydrogens (tertiary/aromatic N) is 7. The van der Waals surface area contributed by atoms with E-state index in [1.165, 1.54) is 18.5 Å². The summed E-state index contributed by atoms with van der Waals surface area (Å²) in [6.07, 6.45) is 1.46. The van der Waals surface area contributed by atoms with E-state index in [4.69, 9.17) is 11.6 Å². The number of piperazine rings is 1. The minimum absolute atomic E-state index is 0.106. The van der Waals surface area contributed by atoms with Crippen molar-refractivity contribution in [1.29, 1.82) is 0 Å². The Labute approximate surface area is 195 Å². The van der Waals surface area contributed by atoms with Gasteiger partial charge in [-0.25, -0.2) is 14.4 Å². The molecule has 0 saturated carbocycles. The Balaban J connectivity index is 1.37. The minimum Gasteiger partial charge on any atom is -0.351 e. The highest BCUT2D eigenvalue weighted by Gasteiger charge is 2.26. The maximum atomic E-state index is 13.3. The van der Waals surface area contributed by atoms with E-state index in [-0.39, 0.29) is 11.7 Å². The predicted molar refractivity (Wildman–Crippen MR) is 122 cm³/mol. The lowest BCUT2D eigenvalue weighted by molar-refractivity contribution is 0.0746. The number of hydrogen-bond acceptors (Lipinski definition) is 6. The van der Waals surface area contributed by atoms with Gasteiger partial charge < -0.3 is 9.80 Å². The predicted octanol–water partition coefficient (Wildman–Crippen LogP) is 3.73.